The SMILES string of the molecule is CCOc1ccc(C(C)CC(CN)C(=O)O)cc1OCC. The van der Waals surface area contributed by atoms with Crippen LogP contribution in [0.1, 0.15) is 38.7 Å². The zero-order valence-corrected chi connectivity index (χ0v) is 13.0. The Morgan fingerprint density at radius 3 is 2.38 bits per heavy atom. The van der Waals surface area contributed by atoms with Gasteiger partial charge in [0.2, 0.25) is 0 Å². The molecule has 0 saturated carbocycles. The lowest BCUT2D eigenvalue weighted by Crippen LogP contribution is -2.24. The number of rotatable bonds is 9. The fourth-order valence-corrected chi connectivity index (χ4v) is 2.23. The fourth-order valence-electron chi connectivity index (χ4n) is 2.23. The Kier molecular flexibility index (Phi) is 7.02. The van der Waals surface area contributed by atoms with E-state index in [1.165, 1.54) is 0 Å². The Bertz CT molecular complexity index is 462. The van der Waals surface area contributed by atoms with Crippen LogP contribution in [0.2, 0.25) is 0 Å². The first-order valence-electron chi connectivity index (χ1n) is 7.35. The lowest BCUT2D eigenvalue weighted by molar-refractivity contribution is -0.141. The van der Waals surface area contributed by atoms with Crippen LogP contribution in [0.4, 0.5) is 0 Å². The van der Waals surface area contributed by atoms with Crippen molar-refractivity contribution in [3.05, 3.63) is 23.8 Å². The molecule has 1 rings (SSSR count). The van der Waals surface area contributed by atoms with Gasteiger partial charge in [-0.05, 0) is 43.9 Å². The number of aliphatic carboxylic acids is 1. The molecule has 0 aliphatic rings. The predicted molar refractivity (Wildman–Crippen MR) is 82.0 cm³/mol. The number of hydrogen-bond donors (Lipinski definition) is 2. The van der Waals surface area contributed by atoms with Crippen LogP contribution in [0.3, 0.4) is 0 Å². The molecule has 1 aromatic carbocycles. The maximum atomic E-state index is 11.1. The molecule has 0 aliphatic carbocycles. The number of benzene rings is 1. The van der Waals surface area contributed by atoms with Crippen LogP contribution in [0.25, 0.3) is 0 Å². The molecular weight excluding hydrogens is 270 g/mol. The second-order valence-electron chi connectivity index (χ2n) is 4.98. The van der Waals surface area contributed by atoms with Crippen molar-refractivity contribution in [1.82, 2.24) is 0 Å². The van der Waals surface area contributed by atoms with Gasteiger partial charge >= 0.3 is 5.97 Å². The van der Waals surface area contributed by atoms with Crippen molar-refractivity contribution in [2.24, 2.45) is 11.7 Å². The second-order valence-corrected chi connectivity index (χ2v) is 4.98. The molecule has 0 saturated heterocycles. The molecule has 3 N–H and O–H groups in total. The topological polar surface area (TPSA) is 81.8 Å². The minimum absolute atomic E-state index is 0.0875. The van der Waals surface area contributed by atoms with E-state index in [0.717, 1.165) is 5.56 Å². The summed E-state index contributed by atoms with van der Waals surface area (Å²) in [7, 11) is 0. The summed E-state index contributed by atoms with van der Waals surface area (Å²) in [5.74, 6) is 0.124. The monoisotopic (exact) mass is 295 g/mol. The van der Waals surface area contributed by atoms with Gasteiger partial charge < -0.3 is 20.3 Å². The highest BCUT2D eigenvalue weighted by atomic mass is 16.5. The Balaban J connectivity index is 2.91. The summed E-state index contributed by atoms with van der Waals surface area (Å²) < 4.78 is 11.1. The normalized spacial score (nSPS) is 13.5. The number of hydrogen-bond acceptors (Lipinski definition) is 4. The van der Waals surface area contributed by atoms with Crippen LogP contribution in [0, 0.1) is 5.92 Å². The van der Waals surface area contributed by atoms with E-state index in [1.54, 1.807) is 0 Å². The van der Waals surface area contributed by atoms with Crippen molar-refractivity contribution < 1.29 is 19.4 Å². The van der Waals surface area contributed by atoms with Crippen LogP contribution < -0.4 is 15.2 Å². The zero-order chi connectivity index (χ0) is 15.8. The molecule has 1 aromatic rings. The van der Waals surface area contributed by atoms with Crippen LogP contribution in [0.15, 0.2) is 18.2 Å². The van der Waals surface area contributed by atoms with Crippen molar-refractivity contribution in [3.63, 3.8) is 0 Å². The van der Waals surface area contributed by atoms with Crippen molar-refractivity contribution in [1.29, 1.82) is 0 Å². The molecule has 0 spiro atoms. The molecule has 5 heteroatoms. The van der Waals surface area contributed by atoms with Gasteiger partial charge in [-0.15, -0.1) is 0 Å². The van der Waals surface area contributed by atoms with Gasteiger partial charge in [-0.1, -0.05) is 13.0 Å². The smallest absolute Gasteiger partial charge is 0.307 e. The summed E-state index contributed by atoms with van der Waals surface area (Å²) >= 11 is 0. The Morgan fingerprint density at radius 2 is 1.86 bits per heavy atom. The van der Waals surface area contributed by atoms with E-state index >= 15 is 0 Å². The van der Waals surface area contributed by atoms with Crippen molar-refractivity contribution in [2.75, 3.05) is 19.8 Å². The minimum Gasteiger partial charge on any atom is -0.490 e. The number of carboxylic acid groups (broad SMARTS) is 1. The summed E-state index contributed by atoms with van der Waals surface area (Å²) in [6, 6.07) is 5.75. The van der Waals surface area contributed by atoms with Crippen LogP contribution in [0.5, 0.6) is 11.5 Å². The lowest BCUT2D eigenvalue weighted by Gasteiger charge is -2.18. The van der Waals surface area contributed by atoms with Crippen molar-refractivity contribution in [3.8, 4) is 11.5 Å². The number of carboxylic acids is 1. The lowest BCUT2D eigenvalue weighted by atomic mass is 9.90. The first-order chi connectivity index (χ1) is 10.0. The molecule has 2 unspecified atom stereocenters. The third-order valence-electron chi connectivity index (χ3n) is 3.41. The molecule has 0 heterocycles. The molecule has 5 nitrogen and oxygen atoms in total. The first-order valence-corrected chi connectivity index (χ1v) is 7.35. The van der Waals surface area contributed by atoms with Crippen LogP contribution in [-0.2, 0) is 4.79 Å². The van der Waals surface area contributed by atoms with E-state index in [1.807, 2.05) is 39.0 Å². The first kappa shape index (κ1) is 17.3. The van der Waals surface area contributed by atoms with E-state index in [4.69, 9.17) is 20.3 Å². The van der Waals surface area contributed by atoms with E-state index < -0.39 is 11.9 Å². The molecule has 21 heavy (non-hydrogen) atoms. The summed E-state index contributed by atoms with van der Waals surface area (Å²) in [5.41, 5.74) is 6.55. The van der Waals surface area contributed by atoms with Gasteiger partial charge in [0, 0.05) is 6.54 Å². The average molecular weight is 295 g/mol. The predicted octanol–water partition coefficient (Wildman–Crippen LogP) is 2.64. The van der Waals surface area contributed by atoms with Crippen LogP contribution >= 0.6 is 0 Å². The molecule has 2 atom stereocenters. The molecule has 0 bridgehead atoms. The van der Waals surface area contributed by atoms with Crippen LogP contribution in [-0.4, -0.2) is 30.8 Å². The molecule has 0 radical (unpaired) electrons. The largest absolute Gasteiger partial charge is 0.490 e. The van der Waals surface area contributed by atoms with E-state index in [2.05, 4.69) is 0 Å². The Hall–Kier alpha value is -1.75. The van der Waals surface area contributed by atoms with Gasteiger partial charge in [0.05, 0.1) is 19.1 Å². The third kappa shape index (κ3) is 4.93. The molecule has 0 fully saturated rings. The number of nitrogens with two attached hydrogens (primary N) is 1. The zero-order valence-electron chi connectivity index (χ0n) is 13.0. The molecule has 0 aromatic heterocycles. The molecule has 0 amide bonds. The van der Waals surface area contributed by atoms with Gasteiger partial charge in [-0.2, -0.15) is 0 Å². The van der Waals surface area contributed by atoms with Gasteiger partial charge in [-0.3, -0.25) is 4.79 Å². The standard InChI is InChI=1S/C16H25NO4/c1-4-20-14-7-6-12(9-15(14)21-5-2)11(3)8-13(10-17)16(18)19/h6-7,9,11,13H,4-5,8,10,17H2,1-3H3,(H,18,19). The third-order valence-corrected chi connectivity index (χ3v) is 3.41. The number of carbonyl (C=O) groups is 1. The van der Waals surface area contributed by atoms with Gasteiger partial charge in [0.25, 0.3) is 0 Å². The number of ether oxygens (including phenoxy) is 2. The summed E-state index contributed by atoms with van der Waals surface area (Å²) in [6.45, 7) is 7.11. The van der Waals surface area contributed by atoms with Gasteiger partial charge in [0.15, 0.2) is 11.5 Å². The van der Waals surface area contributed by atoms with Gasteiger partial charge in [0.1, 0.15) is 0 Å². The average Bonchev–Trinajstić information content (AvgIpc) is 2.46. The highest BCUT2D eigenvalue weighted by Crippen LogP contribution is 2.33. The highest BCUT2D eigenvalue weighted by molar-refractivity contribution is 5.70. The van der Waals surface area contributed by atoms with E-state index in [9.17, 15) is 4.79 Å². The maximum absolute atomic E-state index is 11.1. The summed E-state index contributed by atoms with van der Waals surface area (Å²) in [6.07, 6.45) is 0.505. The van der Waals surface area contributed by atoms with E-state index in [0.29, 0.717) is 31.1 Å². The Labute approximate surface area is 126 Å². The molecule has 0 aliphatic heterocycles. The van der Waals surface area contributed by atoms with Gasteiger partial charge in [-0.25, -0.2) is 0 Å². The molecular formula is C16H25NO4. The van der Waals surface area contributed by atoms with E-state index in [-0.39, 0.29) is 12.5 Å². The van der Waals surface area contributed by atoms with Crippen molar-refractivity contribution in [2.45, 2.75) is 33.1 Å². The highest BCUT2D eigenvalue weighted by Gasteiger charge is 2.20. The summed E-state index contributed by atoms with van der Waals surface area (Å²) in [4.78, 5) is 11.1. The Morgan fingerprint density at radius 1 is 1.24 bits per heavy atom. The molecule has 118 valence electrons. The van der Waals surface area contributed by atoms with Crippen molar-refractivity contribution >= 4 is 5.97 Å². The second kappa shape index (κ2) is 8.52. The maximum Gasteiger partial charge on any atom is 0.307 e. The quantitative estimate of drug-likeness (QED) is 0.732. The minimum atomic E-state index is -0.847. The fraction of sp³-hybridized carbons (Fsp3) is 0.562. The summed E-state index contributed by atoms with van der Waals surface area (Å²) in [5, 5.41) is 9.10.